The number of unbranched alkanes of at least 4 members (excludes halogenated alkanes) is 1. The van der Waals surface area contributed by atoms with Crippen molar-refractivity contribution < 1.29 is 14.3 Å². The van der Waals surface area contributed by atoms with Gasteiger partial charge in [-0.05, 0) is 44.0 Å². The number of nitrogens with one attached hydrogen (secondary N) is 2. The van der Waals surface area contributed by atoms with Crippen LogP contribution in [0.1, 0.15) is 43.5 Å². The van der Waals surface area contributed by atoms with Gasteiger partial charge < -0.3 is 15.4 Å². The number of carbonyl (C=O) groups is 2. The Kier molecular flexibility index (Phi) is 8.12. The first-order chi connectivity index (χ1) is 10.1. The SMILES string of the molecule is CCCCOCCCNC(=O)Nc1ccc(C(C)=O)cc1. The van der Waals surface area contributed by atoms with Gasteiger partial charge in [0.25, 0.3) is 0 Å². The van der Waals surface area contributed by atoms with Gasteiger partial charge in [-0.1, -0.05) is 13.3 Å². The minimum absolute atomic E-state index is 0.00840. The second-order valence-electron chi connectivity index (χ2n) is 4.83. The van der Waals surface area contributed by atoms with Crippen LogP contribution in [-0.2, 0) is 4.74 Å². The Morgan fingerprint density at radius 3 is 2.38 bits per heavy atom. The van der Waals surface area contributed by atoms with Gasteiger partial charge in [0, 0.05) is 31.0 Å². The van der Waals surface area contributed by atoms with Crippen molar-refractivity contribution in [2.45, 2.75) is 33.1 Å². The minimum Gasteiger partial charge on any atom is -0.381 e. The highest BCUT2D eigenvalue weighted by Gasteiger charge is 2.02. The van der Waals surface area contributed by atoms with E-state index in [9.17, 15) is 9.59 Å². The summed E-state index contributed by atoms with van der Waals surface area (Å²) in [7, 11) is 0. The number of carbonyl (C=O) groups excluding carboxylic acids is 2. The quantitative estimate of drug-likeness (QED) is 0.542. The number of amides is 2. The summed E-state index contributed by atoms with van der Waals surface area (Å²) in [5.41, 5.74) is 1.29. The first-order valence-electron chi connectivity index (χ1n) is 7.37. The van der Waals surface area contributed by atoms with Crippen LogP contribution in [0.2, 0.25) is 0 Å². The van der Waals surface area contributed by atoms with E-state index in [0.717, 1.165) is 25.9 Å². The summed E-state index contributed by atoms with van der Waals surface area (Å²) in [5.74, 6) is 0.00840. The van der Waals surface area contributed by atoms with Crippen molar-refractivity contribution in [3.05, 3.63) is 29.8 Å². The molecule has 0 saturated carbocycles. The van der Waals surface area contributed by atoms with Gasteiger partial charge in [0.15, 0.2) is 5.78 Å². The summed E-state index contributed by atoms with van der Waals surface area (Å²) in [6.45, 7) is 5.65. The Morgan fingerprint density at radius 2 is 1.76 bits per heavy atom. The number of ether oxygens (including phenoxy) is 1. The van der Waals surface area contributed by atoms with Gasteiger partial charge in [-0.3, -0.25) is 4.79 Å². The van der Waals surface area contributed by atoms with Crippen LogP contribution < -0.4 is 10.6 Å². The van der Waals surface area contributed by atoms with Crippen molar-refractivity contribution >= 4 is 17.5 Å². The van der Waals surface area contributed by atoms with Crippen LogP contribution in [0.5, 0.6) is 0 Å². The van der Waals surface area contributed by atoms with E-state index in [4.69, 9.17) is 4.74 Å². The average molecular weight is 292 g/mol. The first kappa shape index (κ1) is 17.2. The molecule has 116 valence electrons. The molecule has 0 fully saturated rings. The van der Waals surface area contributed by atoms with Crippen LogP contribution in [0.25, 0.3) is 0 Å². The van der Waals surface area contributed by atoms with E-state index in [1.807, 2.05) is 0 Å². The van der Waals surface area contributed by atoms with Crippen LogP contribution >= 0.6 is 0 Å². The predicted octanol–water partition coefficient (Wildman–Crippen LogP) is 3.22. The molecule has 0 aliphatic heterocycles. The Balaban J connectivity index is 2.17. The Hall–Kier alpha value is -1.88. The lowest BCUT2D eigenvalue weighted by atomic mass is 10.1. The van der Waals surface area contributed by atoms with E-state index in [2.05, 4.69) is 17.6 Å². The van der Waals surface area contributed by atoms with E-state index < -0.39 is 0 Å². The van der Waals surface area contributed by atoms with Gasteiger partial charge in [-0.25, -0.2) is 4.79 Å². The smallest absolute Gasteiger partial charge is 0.319 e. The van der Waals surface area contributed by atoms with Gasteiger partial charge in [-0.2, -0.15) is 0 Å². The van der Waals surface area contributed by atoms with Crippen molar-refractivity contribution in [3.8, 4) is 0 Å². The van der Waals surface area contributed by atoms with E-state index in [-0.39, 0.29) is 11.8 Å². The lowest BCUT2D eigenvalue weighted by Crippen LogP contribution is -2.30. The highest BCUT2D eigenvalue weighted by molar-refractivity contribution is 5.95. The Morgan fingerprint density at radius 1 is 1.10 bits per heavy atom. The van der Waals surface area contributed by atoms with Gasteiger partial charge in [-0.15, -0.1) is 0 Å². The van der Waals surface area contributed by atoms with E-state index >= 15 is 0 Å². The number of hydrogen-bond donors (Lipinski definition) is 2. The molecule has 1 aromatic rings. The summed E-state index contributed by atoms with van der Waals surface area (Å²) in [5, 5.41) is 5.48. The summed E-state index contributed by atoms with van der Waals surface area (Å²) >= 11 is 0. The van der Waals surface area contributed by atoms with Gasteiger partial charge in [0.05, 0.1) is 0 Å². The second kappa shape index (κ2) is 9.94. The molecule has 2 amide bonds. The standard InChI is InChI=1S/C16H24N2O3/c1-3-4-11-21-12-5-10-17-16(20)18-15-8-6-14(7-9-15)13(2)19/h6-9H,3-5,10-12H2,1-2H3,(H2,17,18,20). The maximum atomic E-state index is 11.6. The molecule has 0 saturated heterocycles. The first-order valence-corrected chi connectivity index (χ1v) is 7.37. The third-order valence-electron chi connectivity index (χ3n) is 2.94. The molecule has 2 N–H and O–H groups in total. The Labute approximate surface area is 126 Å². The van der Waals surface area contributed by atoms with Crippen LogP contribution in [0.15, 0.2) is 24.3 Å². The van der Waals surface area contributed by atoms with Gasteiger partial charge in [0.1, 0.15) is 0 Å². The number of ketones is 1. The fourth-order valence-electron chi connectivity index (χ4n) is 1.69. The number of rotatable bonds is 9. The second-order valence-corrected chi connectivity index (χ2v) is 4.83. The molecule has 0 aliphatic carbocycles. The summed E-state index contributed by atoms with van der Waals surface area (Å²) in [6, 6.07) is 6.56. The number of anilines is 1. The molecule has 0 bridgehead atoms. The normalized spacial score (nSPS) is 10.2. The van der Waals surface area contributed by atoms with Gasteiger partial charge in [0.2, 0.25) is 0 Å². The van der Waals surface area contributed by atoms with Gasteiger partial charge >= 0.3 is 6.03 Å². The van der Waals surface area contributed by atoms with Crippen molar-refractivity contribution in [1.82, 2.24) is 5.32 Å². The Bertz CT molecular complexity index is 443. The van der Waals surface area contributed by atoms with Crippen molar-refractivity contribution in [2.24, 2.45) is 0 Å². The highest BCUT2D eigenvalue weighted by atomic mass is 16.5. The third kappa shape index (κ3) is 7.46. The number of benzene rings is 1. The van der Waals surface area contributed by atoms with Crippen LogP contribution in [0.3, 0.4) is 0 Å². The number of urea groups is 1. The lowest BCUT2D eigenvalue weighted by molar-refractivity contribution is 0.101. The maximum absolute atomic E-state index is 11.6. The topological polar surface area (TPSA) is 67.4 Å². The van der Waals surface area contributed by atoms with Crippen LogP contribution in [0.4, 0.5) is 10.5 Å². The summed E-state index contributed by atoms with van der Waals surface area (Å²) in [4.78, 5) is 22.8. The van der Waals surface area contributed by atoms with E-state index in [1.165, 1.54) is 6.92 Å². The molecule has 0 aliphatic rings. The predicted molar refractivity (Wildman–Crippen MR) is 83.8 cm³/mol. The molecule has 1 aromatic carbocycles. The molecular weight excluding hydrogens is 268 g/mol. The highest BCUT2D eigenvalue weighted by Crippen LogP contribution is 2.09. The van der Waals surface area contributed by atoms with Crippen LogP contribution in [0, 0.1) is 0 Å². The zero-order chi connectivity index (χ0) is 15.5. The maximum Gasteiger partial charge on any atom is 0.319 e. The minimum atomic E-state index is -0.251. The molecule has 1 rings (SSSR count). The van der Waals surface area contributed by atoms with Crippen LogP contribution in [-0.4, -0.2) is 31.6 Å². The largest absolute Gasteiger partial charge is 0.381 e. The van der Waals surface area contributed by atoms with Crippen molar-refractivity contribution in [3.63, 3.8) is 0 Å². The summed E-state index contributed by atoms with van der Waals surface area (Å²) < 4.78 is 5.41. The fourth-order valence-corrected chi connectivity index (χ4v) is 1.69. The zero-order valence-corrected chi connectivity index (χ0v) is 12.8. The average Bonchev–Trinajstić information content (AvgIpc) is 2.47. The molecule has 0 spiro atoms. The fraction of sp³-hybridized carbons (Fsp3) is 0.500. The van der Waals surface area contributed by atoms with E-state index in [0.29, 0.717) is 24.4 Å². The molecule has 5 nitrogen and oxygen atoms in total. The number of hydrogen-bond acceptors (Lipinski definition) is 3. The third-order valence-corrected chi connectivity index (χ3v) is 2.94. The molecule has 21 heavy (non-hydrogen) atoms. The monoisotopic (exact) mass is 292 g/mol. The van der Waals surface area contributed by atoms with E-state index in [1.54, 1.807) is 24.3 Å². The molecule has 5 heteroatoms. The molecular formula is C16H24N2O3. The molecule has 0 aromatic heterocycles. The van der Waals surface area contributed by atoms with Crippen molar-refractivity contribution in [2.75, 3.05) is 25.1 Å². The number of Topliss-reactive ketones (excluding diaryl/α,β-unsaturated/α-hetero) is 1. The molecule has 0 heterocycles. The molecule has 0 radical (unpaired) electrons. The van der Waals surface area contributed by atoms with Crippen molar-refractivity contribution in [1.29, 1.82) is 0 Å². The molecule has 0 atom stereocenters. The lowest BCUT2D eigenvalue weighted by Gasteiger charge is -2.08. The molecule has 0 unspecified atom stereocenters. The zero-order valence-electron chi connectivity index (χ0n) is 12.8. The summed E-state index contributed by atoms with van der Waals surface area (Å²) in [6.07, 6.45) is 2.99.